The molecule has 1 fully saturated rings. The number of pyridine rings is 1. The van der Waals surface area contributed by atoms with Crippen LogP contribution in [0, 0.1) is 11.8 Å². The van der Waals surface area contributed by atoms with Crippen molar-refractivity contribution in [3.63, 3.8) is 0 Å². The van der Waals surface area contributed by atoms with Gasteiger partial charge in [0.2, 0.25) is 6.41 Å². The van der Waals surface area contributed by atoms with Crippen LogP contribution in [0.2, 0.25) is 0 Å². The molecule has 192 valence electrons. The number of nitrogens with zero attached hydrogens (tertiary/aromatic N) is 3. The largest absolute Gasteiger partial charge is 0.508 e. The minimum atomic E-state index is -2.01. The van der Waals surface area contributed by atoms with Crippen LogP contribution in [0.4, 0.5) is 0 Å². The van der Waals surface area contributed by atoms with Crippen molar-refractivity contribution in [1.82, 2.24) is 25.4 Å². The summed E-state index contributed by atoms with van der Waals surface area (Å²) >= 11 is 0. The highest BCUT2D eigenvalue weighted by atomic mass is 16.5. The SMILES string of the molecule is COc1ccc(C(=O)N2CCNCC2)nc1C#C[C@@](N)(CN1Cc2ccc(O)cc2C1=O)C(=O)NC=O. The Labute approximate surface area is 212 Å². The molecule has 2 aliphatic heterocycles. The molecule has 4 amide bonds. The lowest BCUT2D eigenvalue weighted by Gasteiger charge is -2.27. The van der Waals surface area contributed by atoms with E-state index in [2.05, 4.69) is 22.1 Å². The fourth-order valence-corrected chi connectivity index (χ4v) is 4.15. The summed E-state index contributed by atoms with van der Waals surface area (Å²) in [6, 6.07) is 7.47. The molecule has 3 heterocycles. The van der Waals surface area contributed by atoms with Gasteiger partial charge >= 0.3 is 0 Å². The highest BCUT2D eigenvalue weighted by Crippen LogP contribution is 2.27. The Morgan fingerprint density at radius 2 is 2.05 bits per heavy atom. The van der Waals surface area contributed by atoms with Gasteiger partial charge in [-0.3, -0.25) is 24.5 Å². The molecule has 1 atom stereocenters. The van der Waals surface area contributed by atoms with E-state index >= 15 is 0 Å². The molecule has 5 N–H and O–H groups in total. The first-order valence-electron chi connectivity index (χ1n) is 11.5. The lowest BCUT2D eigenvalue weighted by molar-refractivity contribution is -0.128. The topological polar surface area (TPSA) is 167 Å². The summed E-state index contributed by atoms with van der Waals surface area (Å²) < 4.78 is 5.32. The van der Waals surface area contributed by atoms with Gasteiger partial charge < -0.3 is 30.7 Å². The molecule has 0 radical (unpaired) electrons. The van der Waals surface area contributed by atoms with E-state index in [1.165, 1.54) is 30.2 Å². The Kier molecular flexibility index (Phi) is 7.37. The smallest absolute Gasteiger partial charge is 0.272 e. The average Bonchev–Trinajstić information content (AvgIpc) is 3.21. The number of aromatic hydroxyl groups is 1. The van der Waals surface area contributed by atoms with Gasteiger partial charge in [-0.25, -0.2) is 4.98 Å². The molecule has 1 aromatic heterocycles. The molecule has 0 aliphatic carbocycles. The zero-order valence-corrected chi connectivity index (χ0v) is 20.1. The molecular weight excluding hydrogens is 480 g/mol. The van der Waals surface area contributed by atoms with Gasteiger partial charge in [-0.1, -0.05) is 12.0 Å². The third-order valence-electron chi connectivity index (χ3n) is 6.11. The highest BCUT2D eigenvalue weighted by molar-refractivity contribution is 6.01. The molecule has 0 spiro atoms. The molecule has 4 rings (SSSR count). The van der Waals surface area contributed by atoms with Crippen molar-refractivity contribution in [1.29, 1.82) is 0 Å². The Bertz CT molecular complexity index is 1310. The molecule has 0 saturated carbocycles. The first kappa shape index (κ1) is 25.6. The van der Waals surface area contributed by atoms with Crippen molar-refractivity contribution in [3.8, 4) is 23.3 Å². The number of aromatic nitrogens is 1. The van der Waals surface area contributed by atoms with Crippen molar-refractivity contribution in [3.05, 3.63) is 52.8 Å². The van der Waals surface area contributed by atoms with E-state index in [4.69, 9.17) is 10.5 Å². The number of nitrogens with two attached hydrogens (primary N) is 1. The number of piperazine rings is 1. The van der Waals surface area contributed by atoms with Crippen LogP contribution in [-0.4, -0.2) is 89.4 Å². The number of rotatable bonds is 6. The van der Waals surface area contributed by atoms with E-state index in [1.54, 1.807) is 17.0 Å². The number of carbonyl (C=O) groups is 4. The fourth-order valence-electron chi connectivity index (χ4n) is 4.15. The number of nitrogens with one attached hydrogen (secondary N) is 2. The van der Waals surface area contributed by atoms with E-state index in [9.17, 15) is 24.3 Å². The number of fused-ring (bicyclic) bond motifs is 1. The Hall–Kier alpha value is -4.47. The number of imide groups is 1. The maximum absolute atomic E-state index is 12.9. The second kappa shape index (κ2) is 10.7. The van der Waals surface area contributed by atoms with Crippen LogP contribution in [0.1, 0.15) is 32.1 Å². The van der Waals surface area contributed by atoms with Gasteiger partial charge in [0, 0.05) is 38.3 Å². The highest BCUT2D eigenvalue weighted by Gasteiger charge is 2.39. The molecule has 12 heteroatoms. The zero-order chi connectivity index (χ0) is 26.6. The summed E-state index contributed by atoms with van der Waals surface area (Å²) in [7, 11) is 1.41. The van der Waals surface area contributed by atoms with E-state index in [-0.39, 0.29) is 53.9 Å². The summed E-state index contributed by atoms with van der Waals surface area (Å²) in [5, 5.41) is 14.9. The number of methoxy groups -OCH3 is 1. The summed E-state index contributed by atoms with van der Waals surface area (Å²) in [4.78, 5) is 56.9. The number of hydrogen-bond acceptors (Lipinski definition) is 9. The monoisotopic (exact) mass is 506 g/mol. The number of carbonyl (C=O) groups excluding carboxylic acids is 4. The van der Waals surface area contributed by atoms with Crippen molar-refractivity contribution in [2.75, 3.05) is 39.8 Å². The summed E-state index contributed by atoms with van der Waals surface area (Å²) in [5.41, 5.74) is 5.49. The number of benzene rings is 1. The van der Waals surface area contributed by atoms with Crippen molar-refractivity contribution < 1.29 is 29.0 Å². The van der Waals surface area contributed by atoms with Gasteiger partial charge in [-0.2, -0.15) is 0 Å². The van der Waals surface area contributed by atoms with Gasteiger partial charge in [-0.05, 0) is 35.7 Å². The first-order chi connectivity index (χ1) is 17.8. The minimum Gasteiger partial charge on any atom is -0.508 e. The Morgan fingerprint density at radius 1 is 1.30 bits per heavy atom. The van der Waals surface area contributed by atoms with Crippen LogP contribution in [0.5, 0.6) is 11.5 Å². The molecule has 0 unspecified atom stereocenters. The van der Waals surface area contributed by atoms with Crippen molar-refractivity contribution in [2.24, 2.45) is 5.73 Å². The standard InChI is InChI=1S/C25H26N6O6/c1-37-21-5-4-20(23(35)30-10-8-27-9-11-30)29-19(21)6-7-25(26,24(36)28-15-32)14-31-13-16-2-3-17(33)12-18(16)22(31)34/h2-5,12,15,27,33H,8-11,13-14,26H2,1H3,(H,28,32,36)/t25-/m1/s1. The third kappa shape index (κ3) is 5.37. The molecule has 37 heavy (non-hydrogen) atoms. The van der Waals surface area contributed by atoms with Crippen LogP contribution in [0.15, 0.2) is 30.3 Å². The zero-order valence-electron chi connectivity index (χ0n) is 20.1. The van der Waals surface area contributed by atoms with E-state index < -0.39 is 17.4 Å². The van der Waals surface area contributed by atoms with Crippen LogP contribution in [-0.2, 0) is 16.1 Å². The number of ether oxygens (including phenoxy) is 1. The van der Waals surface area contributed by atoms with Crippen LogP contribution >= 0.6 is 0 Å². The van der Waals surface area contributed by atoms with Crippen LogP contribution in [0.3, 0.4) is 0 Å². The minimum absolute atomic E-state index is 0.0677. The Balaban J connectivity index is 1.64. The predicted molar refractivity (Wildman–Crippen MR) is 130 cm³/mol. The molecule has 1 saturated heterocycles. The number of hydrogen-bond donors (Lipinski definition) is 4. The van der Waals surface area contributed by atoms with Crippen LogP contribution in [0.25, 0.3) is 0 Å². The second-order valence-corrected chi connectivity index (χ2v) is 8.60. The normalized spacial score (nSPS) is 16.2. The van der Waals surface area contributed by atoms with E-state index in [0.29, 0.717) is 31.7 Å². The average molecular weight is 507 g/mol. The van der Waals surface area contributed by atoms with Gasteiger partial charge in [0.05, 0.1) is 13.7 Å². The van der Waals surface area contributed by atoms with E-state index in [0.717, 1.165) is 0 Å². The quantitative estimate of drug-likeness (QED) is 0.278. The summed E-state index contributed by atoms with van der Waals surface area (Å²) in [5.74, 6) is 3.90. The summed E-state index contributed by atoms with van der Waals surface area (Å²) in [6.07, 6.45) is 0.176. The lowest BCUT2D eigenvalue weighted by Crippen LogP contribution is -2.59. The number of amides is 4. The van der Waals surface area contributed by atoms with Gasteiger partial charge in [0.25, 0.3) is 17.7 Å². The van der Waals surface area contributed by atoms with Crippen LogP contribution < -0.4 is 21.1 Å². The molecule has 1 aromatic carbocycles. The van der Waals surface area contributed by atoms with Gasteiger partial charge in [0.15, 0.2) is 17.0 Å². The van der Waals surface area contributed by atoms with Gasteiger partial charge in [-0.15, -0.1) is 0 Å². The maximum atomic E-state index is 12.9. The van der Waals surface area contributed by atoms with Crippen molar-refractivity contribution >= 4 is 24.1 Å². The van der Waals surface area contributed by atoms with E-state index in [1.807, 2.05) is 5.32 Å². The van der Waals surface area contributed by atoms with Gasteiger partial charge in [0.1, 0.15) is 11.4 Å². The lowest BCUT2D eigenvalue weighted by atomic mass is 9.99. The van der Waals surface area contributed by atoms with Crippen molar-refractivity contribution in [2.45, 2.75) is 12.1 Å². The first-order valence-corrected chi connectivity index (χ1v) is 11.5. The number of phenols is 1. The number of phenolic OH excluding ortho intramolecular Hbond substituents is 1. The molecule has 12 nitrogen and oxygen atoms in total. The third-order valence-corrected chi connectivity index (χ3v) is 6.11. The summed E-state index contributed by atoms with van der Waals surface area (Å²) in [6.45, 7) is 2.21. The maximum Gasteiger partial charge on any atom is 0.272 e. The fraction of sp³-hybridized carbons (Fsp3) is 0.320. The molecular formula is C25H26N6O6. The predicted octanol–water partition coefficient (Wildman–Crippen LogP) is -1.18. The Morgan fingerprint density at radius 3 is 2.76 bits per heavy atom. The molecule has 2 aromatic rings. The molecule has 2 aliphatic rings. The molecule has 0 bridgehead atoms. The second-order valence-electron chi connectivity index (χ2n) is 8.60.